The zero-order valence-electron chi connectivity index (χ0n) is 16.1. The van der Waals surface area contributed by atoms with Gasteiger partial charge in [0.1, 0.15) is 0 Å². The summed E-state index contributed by atoms with van der Waals surface area (Å²) in [7, 11) is 0. The zero-order valence-corrected chi connectivity index (χ0v) is 16.8. The van der Waals surface area contributed by atoms with Gasteiger partial charge in [0.05, 0.1) is 25.5 Å². The molecule has 0 radical (unpaired) electrons. The van der Waals surface area contributed by atoms with E-state index in [2.05, 4.69) is 10.3 Å². The van der Waals surface area contributed by atoms with Crippen LogP contribution in [0.4, 0.5) is 0 Å². The van der Waals surface area contributed by atoms with Crippen molar-refractivity contribution in [1.29, 1.82) is 0 Å². The first-order chi connectivity index (χ1) is 14.2. The van der Waals surface area contributed by atoms with E-state index < -0.39 is 0 Å². The lowest BCUT2D eigenvalue weighted by atomic mass is 10.1. The maximum Gasteiger partial charge on any atom is 0.276 e. The molecule has 0 saturated carbocycles. The molecule has 0 aliphatic carbocycles. The van der Waals surface area contributed by atoms with Crippen LogP contribution in [-0.2, 0) is 17.9 Å². The first kappa shape index (κ1) is 19.6. The van der Waals surface area contributed by atoms with Crippen molar-refractivity contribution in [2.75, 3.05) is 13.1 Å². The minimum absolute atomic E-state index is 0.0334. The lowest BCUT2D eigenvalue weighted by Crippen LogP contribution is -2.43. The average Bonchev–Trinajstić information content (AvgIpc) is 3.23. The van der Waals surface area contributed by atoms with E-state index in [-0.39, 0.29) is 12.0 Å². The van der Waals surface area contributed by atoms with Crippen LogP contribution in [-0.4, -0.2) is 45.0 Å². The van der Waals surface area contributed by atoms with Crippen LogP contribution >= 0.6 is 11.6 Å². The van der Waals surface area contributed by atoms with Gasteiger partial charge in [-0.05, 0) is 30.0 Å². The normalized spacial score (nSPS) is 16.7. The predicted molar refractivity (Wildman–Crippen MR) is 111 cm³/mol. The number of hydrogen-bond donors (Lipinski definition) is 0. The van der Waals surface area contributed by atoms with Crippen molar-refractivity contribution in [2.24, 2.45) is 0 Å². The van der Waals surface area contributed by atoms with Crippen LogP contribution in [0.25, 0.3) is 0 Å². The highest BCUT2D eigenvalue weighted by Crippen LogP contribution is 2.18. The lowest BCUT2D eigenvalue weighted by Gasteiger charge is -2.32. The van der Waals surface area contributed by atoms with Gasteiger partial charge in [0.2, 0.25) is 0 Å². The second-order valence-electron chi connectivity index (χ2n) is 7.20. The van der Waals surface area contributed by atoms with Gasteiger partial charge in [0.25, 0.3) is 5.91 Å². The third kappa shape index (κ3) is 5.02. The fourth-order valence-electron chi connectivity index (χ4n) is 3.48. The molecular weight excluding hydrogens is 388 g/mol. The Kier molecular flexibility index (Phi) is 6.22. The van der Waals surface area contributed by atoms with Crippen LogP contribution < -0.4 is 0 Å². The van der Waals surface area contributed by atoms with Crippen molar-refractivity contribution in [3.63, 3.8) is 0 Å². The summed E-state index contributed by atoms with van der Waals surface area (Å²) < 4.78 is 7.67. The first-order valence-corrected chi connectivity index (χ1v) is 10.1. The van der Waals surface area contributed by atoms with E-state index in [1.54, 1.807) is 10.9 Å². The Balaban J connectivity index is 1.35. The monoisotopic (exact) mass is 410 g/mol. The number of nitrogens with zero attached hydrogens (tertiary/aromatic N) is 4. The number of ether oxygens (including phenoxy) is 1. The molecule has 150 valence electrons. The number of hydrogen-bond acceptors (Lipinski definition) is 4. The molecule has 1 aliphatic heterocycles. The van der Waals surface area contributed by atoms with Crippen molar-refractivity contribution < 1.29 is 9.53 Å². The molecule has 0 bridgehead atoms. The summed E-state index contributed by atoms with van der Waals surface area (Å²) in [5, 5.41) is 8.84. The standard InChI is InChI=1S/C22H23ClN4O2/c23-20-11-5-4-9-18(20)13-27-15-21(24-25-27)22(28)26-12-6-10-19(14-26)29-16-17-7-2-1-3-8-17/h1-5,7-9,11,15,19H,6,10,12-14,16H2. The molecular formula is C22H23ClN4O2. The number of piperidine rings is 1. The van der Waals surface area contributed by atoms with Gasteiger partial charge in [-0.2, -0.15) is 0 Å². The van der Waals surface area contributed by atoms with Crippen LogP contribution in [0.1, 0.15) is 34.5 Å². The van der Waals surface area contributed by atoms with Crippen molar-refractivity contribution in [3.05, 3.63) is 82.6 Å². The van der Waals surface area contributed by atoms with Gasteiger partial charge in [0, 0.05) is 18.1 Å². The Morgan fingerprint density at radius 2 is 1.93 bits per heavy atom. The van der Waals surface area contributed by atoms with Crippen LogP contribution in [0, 0.1) is 0 Å². The smallest absolute Gasteiger partial charge is 0.276 e. The molecule has 29 heavy (non-hydrogen) atoms. The van der Waals surface area contributed by atoms with Gasteiger partial charge in [-0.3, -0.25) is 4.79 Å². The van der Waals surface area contributed by atoms with E-state index in [9.17, 15) is 4.79 Å². The molecule has 7 heteroatoms. The molecule has 6 nitrogen and oxygen atoms in total. The minimum atomic E-state index is -0.108. The van der Waals surface area contributed by atoms with Gasteiger partial charge in [-0.1, -0.05) is 65.3 Å². The second kappa shape index (κ2) is 9.20. The second-order valence-corrected chi connectivity index (χ2v) is 7.61. The summed E-state index contributed by atoms with van der Waals surface area (Å²) in [6.07, 6.45) is 3.58. The number of amides is 1. The molecule has 1 unspecified atom stereocenters. The number of aromatic nitrogens is 3. The topological polar surface area (TPSA) is 60.2 Å². The maximum absolute atomic E-state index is 12.9. The predicted octanol–water partition coefficient (Wildman–Crippen LogP) is 3.80. The molecule has 1 amide bonds. The number of carbonyl (C=O) groups excluding carboxylic acids is 1. The van der Waals surface area contributed by atoms with Crippen molar-refractivity contribution in [1.82, 2.24) is 19.9 Å². The van der Waals surface area contributed by atoms with Gasteiger partial charge in [-0.25, -0.2) is 4.68 Å². The molecule has 1 atom stereocenters. The van der Waals surface area contributed by atoms with E-state index >= 15 is 0 Å². The van der Waals surface area contributed by atoms with Gasteiger partial charge in [-0.15, -0.1) is 5.10 Å². The highest BCUT2D eigenvalue weighted by molar-refractivity contribution is 6.31. The third-order valence-electron chi connectivity index (χ3n) is 5.04. The van der Waals surface area contributed by atoms with E-state index in [1.165, 1.54) is 0 Å². The summed E-state index contributed by atoms with van der Waals surface area (Å²) in [6.45, 7) is 2.31. The van der Waals surface area contributed by atoms with E-state index in [0.29, 0.717) is 37.0 Å². The van der Waals surface area contributed by atoms with Gasteiger partial charge in [0.15, 0.2) is 5.69 Å². The number of halogens is 1. The summed E-state index contributed by atoms with van der Waals surface area (Å²) in [4.78, 5) is 14.7. The largest absolute Gasteiger partial charge is 0.372 e. The number of benzene rings is 2. The summed E-state index contributed by atoms with van der Waals surface area (Å²) in [5.74, 6) is -0.108. The van der Waals surface area contributed by atoms with Crippen LogP contribution in [0.3, 0.4) is 0 Å². The molecule has 3 aromatic rings. The van der Waals surface area contributed by atoms with Gasteiger partial charge < -0.3 is 9.64 Å². The van der Waals surface area contributed by atoms with E-state index in [1.807, 2.05) is 59.5 Å². The van der Waals surface area contributed by atoms with Crippen LogP contribution in [0.5, 0.6) is 0 Å². The third-order valence-corrected chi connectivity index (χ3v) is 5.41. The molecule has 2 heterocycles. The van der Waals surface area contributed by atoms with Crippen molar-refractivity contribution in [2.45, 2.75) is 32.1 Å². The Labute approximate surface area is 175 Å². The first-order valence-electron chi connectivity index (χ1n) is 9.77. The highest BCUT2D eigenvalue weighted by Gasteiger charge is 2.26. The fraction of sp³-hybridized carbons (Fsp3) is 0.318. The summed E-state index contributed by atoms with van der Waals surface area (Å²) in [6, 6.07) is 17.7. The maximum atomic E-state index is 12.9. The van der Waals surface area contributed by atoms with E-state index in [0.717, 1.165) is 24.0 Å². The Morgan fingerprint density at radius 1 is 1.14 bits per heavy atom. The molecule has 1 aromatic heterocycles. The van der Waals surface area contributed by atoms with Crippen LogP contribution in [0.2, 0.25) is 5.02 Å². The molecule has 0 spiro atoms. The van der Waals surface area contributed by atoms with Crippen LogP contribution in [0.15, 0.2) is 60.8 Å². The number of carbonyl (C=O) groups is 1. The van der Waals surface area contributed by atoms with Gasteiger partial charge >= 0.3 is 0 Å². The van der Waals surface area contributed by atoms with Crippen molar-refractivity contribution in [3.8, 4) is 0 Å². The Morgan fingerprint density at radius 3 is 2.76 bits per heavy atom. The molecule has 0 N–H and O–H groups in total. The Hall–Kier alpha value is -2.70. The lowest BCUT2D eigenvalue weighted by molar-refractivity contribution is -0.00689. The fourth-order valence-corrected chi connectivity index (χ4v) is 3.68. The van der Waals surface area contributed by atoms with E-state index in [4.69, 9.17) is 16.3 Å². The number of rotatable bonds is 6. The molecule has 2 aromatic carbocycles. The molecule has 1 saturated heterocycles. The molecule has 1 aliphatic rings. The molecule has 1 fully saturated rings. The minimum Gasteiger partial charge on any atom is -0.372 e. The average molecular weight is 411 g/mol. The molecule has 4 rings (SSSR count). The summed E-state index contributed by atoms with van der Waals surface area (Å²) >= 11 is 6.20. The highest BCUT2D eigenvalue weighted by atomic mass is 35.5. The summed E-state index contributed by atoms with van der Waals surface area (Å²) in [5.41, 5.74) is 2.42. The zero-order chi connectivity index (χ0) is 20.1. The SMILES string of the molecule is O=C(c1cn(Cc2ccccc2Cl)nn1)N1CCCC(OCc2ccccc2)C1. The van der Waals surface area contributed by atoms with Crippen molar-refractivity contribution >= 4 is 17.5 Å². The Bertz CT molecular complexity index is 960. The quantitative estimate of drug-likeness (QED) is 0.620. The number of likely N-dealkylation sites (tertiary alicyclic amines) is 1.